The molecule has 0 aliphatic carbocycles. The Morgan fingerprint density at radius 1 is 1.24 bits per heavy atom. The van der Waals surface area contributed by atoms with Crippen molar-refractivity contribution in [3.8, 4) is 11.3 Å². The van der Waals surface area contributed by atoms with Gasteiger partial charge < -0.3 is 9.42 Å². The predicted octanol–water partition coefficient (Wildman–Crippen LogP) is 3.50. The van der Waals surface area contributed by atoms with Crippen LogP contribution in [-0.2, 0) is 0 Å². The van der Waals surface area contributed by atoms with E-state index in [0.717, 1.165) is 18.5 Å². The maximum Gasteiger partial charge on any atom is 0.206 e. The van der Waals surface area contributed by atoms with E-state index in [2.05, 4.69) is 10.1 Å². The summed E-state index contributed by atoms with van der Waals surface area (Å²) in [4.78, 5) is 14.6. The quantitative estimate of drug-likeness (QED) is 0.762. The third-order valence-corrected chi connectivity index (χ3v) is 3.60. The molecule has 0 atom stereocenters. The van der Waals surface area contributed by atoms with E-state index < -0.39 is 5.41 Å². The third-order valence-electron chi connectivity index (χ3n) is 3.60. The first-order valence-corrected chi connectivity index (χ1v) is 7.12. The normalized spacial score (nSPS) is 11.9. The van der Waals surface area contributed by atoms with Crippen molar-refractivity contribution in [2.24, 2.45) is 5.41 Å². The standard InChI is InChI=1S/C17H22N2O2/c1-17(2,10-11-19(3)4)16(20)15-12-14(18-21-15)13-8-6-5-7-9-13/h5-9,12H,10-11H2,1-4H3. The predicted molar refractivity (Wildman–Crippen MR) is 83.2 cm³/mol. The lowest BCUT2D eigenvalue weighted by Crippen LogP contribution is -2.28. The van der Waals surface area contributed by atoms with Gasteiger partial charge in [0.25, 0.3) is 0 Å². The highest BCUT2D eigenvalue weighted by Gasteiger charge is 2.31. The topological polar surface area (TPSA) is 46.3 Å². The van der Waals surface area contributed by atoms with Crippen LogP contribution in [0.2, 0.25) is 0 Å². The van der Waals surface area contributed by atoms with Gasteiger partial charge in [0.1, 0.15) is 5.69 Å². The van der Waals surface area contributed by atoms with E-state index in [1.165, 1.54) is 0 Å². The van der Waals surface area contributed by atoms with E-state index in [9.17, 15) is 4.79 Å². The number of Topliss-reactive ketones (excluding diaryl/α,β-unsaturated/α-hetero) is 1. The van der Waals surface area contributed by atoms with Crippen LogP contribution in [0.1, 0.15) is 30.8 Å². The second-order valence-electron chi connectivity index (χ2n) is 6.21. The van der Waals surface area contributed by atoms with E-state index in [1.807, 2.05) is 58.3 Å². The third kappa shape index (κ3) is 3.79. The van der Waals surface area contributed by atoms with E-state index in [0.29, 0.717) is 11.5 Å². The number of nitrogens with zero attached hydrogens (tertiary/aromatic N) is 2. The van der Waals surface area contributed by atoms with Crippen molar-refractivity contribution in [1.82, 2.24) is 10.1 Å². The number of carbonyl (C=O) groups excluding carboxylic acids is 1. The molecular weight excluding hydrogens is 264 g/mol. The Labute approximate surface area is 125 Å². The SMILES string of the molecule is CN(C)CCC(C)(C)C(=O)c1cc(-c2ccccc2)no1. The van der Waals surface area contributed by atoms with Crippen molar-refractivity contribution in [3.05, 3.63) is 42.2 Å². The number of hydrogen-bond acceptors (Lipinski definition) is 4. The molecule has 0 bridgehead atoms. The van der Waals surface area contributed by atoms with Gasteiger partial charge in [-0.1, -0.05) is 49.3 Å². The summed E-state index contributed by atoms with van der Waals surface area (Å²) in [6.07, 6.45) is 0.778. The Morgan fingerprint density at radius 3 is 2.52 bits per heavy atom. The molecule has 0 aliphatic heterocycles. The molecule has 0 N–H and O–H groups in total. The Morgan fingerprint density at radius 2 is 1.90 bits per heavy atom. The second kappa shape index (κ2) is 6.22. The zero-order chi connectivity index (χ0) is 15.5. The summed E-state index contributed by atoms with van der Waals surface area (Å²) in [6, 6.07) is 11.4. The van der Waals surface area contributed by atoms with E-state index in [4.69, 9.17) is 4.52 Å². The fraction of sp³-hybridized carbons (Fsp3) is 0.412. The van der Waals surface area contributed by atoms with Gasteiger partial charge in [-0.2, -0.15) is 0 Å². The molecule has 4 nitrogen and oxygen atoms in total. The van der Waals surface area contributed by atoms with Crippen molar-refractivity contribution in [3.63, 3.8) is 0 Å². The molecule has 0 fully saturated rings. The van der Waals surface area contributed by atoms with Gasteiger partial charge >= 0.3 is 0 Å². The molecule has 0 amide bonds. The lowest BCUT2D eigenvalue weighted by Gasteiger charge is -2.23. The zero-order valence-electron chi connectivity index (χ0n) is 13.1. The van der Waals surface area contributed by atoms with E-state index >= 15 is 0 Å². The van der Waals surface area contributed by atoms with Crippen molar-refractivity contribution in [2.75, 3.05) is 20.6 Å². The highest BCUT2D eigenvalue weighted by molar-refractivity contribution is 5.98. The van der Waals surface area contributed by atoms with Crippen LogP contribution < -0.4 is 0 Å². The Bertz CT molecular complexity index is 600. The summed E-state index contributed by atoms with van der Waals surface area (Å²) in [5.74, 6) is 0.330. The average molecular weight is 286 g/mol. The molecule has 21 heavy (non-hydrogen) atoms. The number of ketones is 1. The van der Waals surface area contributed by atoms with Crippen LogP contribution in [0.5, 0.6) is 0 Å². The van der Waals surface area contributed by atoms with Gasteiger partial charge in [-0.05, 0) is 27.1 Å². The molecule has 0 aliphatic rings. The summed E-state index contributed by atoms with van der Waals surface area (Å²) in [5.41, 5.74) is 1.19. The van der Waals surface area contributed by atoms with Crippen molar-refractivity contribution >= 4 is 5.78 Å². The molecule has 1 aromatic heterocycles. The lowest BCUT2D eigenvalue weighted by atomic mass is 9.83. The first-order chi connectivity index (χ1) is 9.90. The minimum atomic E-state index is -0.461. The number of benzene rings is 1. The molecule has 1 aromatic carbocycles. The van der Waals surface area contributed by atoms with Crippen molar-refractivity contribution in [2.45, 2.75) is 20.3 Å². The fourth-order valence-electron chi connectivity index (χ4n) is 2.08. The van der Waals surface area contributed by atoms with Gasteiger partial charge in [0.2, 0.25) is 11.5 Å². The molecule has 2 rings (SSSR count). The first-order valence-electron chi connectivity index (χ1n) is 7.12. The molecule has 2 aromatic rings. The molecular formula is C17H22N2O2. The maximum atomic E-state index is 12.6. The van der Waals surface area contributed by atoms with Crippen LogP contribution in [0, 0.1) is 5.41 Å². The minimum Gasteiger partial charge on any atom is -0.352 e. The van der Waals surface area contributed by atoms with Crippen LogP contribution in [0.25, 0.3) is 11.3 Å². The minimum absolute atomic E-state index is 0.000897. The highest BCUT2D eigenvalue weighted by Crippen LogP contribution is 2.28. The molecule has 4 heteroatoms. The Hall–Kier alpha value is -1.94. The zero-order valence-corrected chi connectivity index (χ0v) is 13.1. The summed E-state index contributed by atoms with van der Waals surface area (Å²) in [7, 11) is 4.00. The summed E-state index contributed by atoms with van der Waals surface area (Å²) >= 11 is 0. The van der Waals surface area contributed by atoms with Gasteiger partial charge in [0.15, 0.2) is 0 Å². The largest absolute Gasteiger partial charge is 0.352 e. The summed E-state index contributed by atoms with van der Waals surface area (Å²) in [5, 5.41) is 4.01. The van der Waals surface area contributed by atoms with Crippen LogP contribution in [-0.4, -0.2) is 36.5 Å². The molecule has 0 saturated carbocycles. The summed E-state index contributed by atoms with van der Waals surface area (Å²) in [6.45, 7) is 4.76. The second-order valence-corrected chi connectivity index (χ2v) is 6.21. The molecule has 0 saturated heterocycles. The molecule has 0 spiro atoms. The van der Waals surface area contributed by atoms with Crippen LogP contribution in [0.4, 0.5) is 0 Å². The molecule has 112 valence electrons. The van der Waals surface area contributed by atoms with Gasteiger partial charge in [0, 0.05) is 17.0 Å². The first kappa shape index (κ1) is 15.4. The molecule has 1 heterocycles. The van der Waals surface area contributed by atoms with Crippen LogP contribution in [0.3, 0.4) is 0 Å². The number of rotatable bonds is 6. The Balaban J connectivity index is 2.15. The average Bonchev–Trinajstić information content (AvgIpc) is 2.95. The van der Waals surface area contributed by atoms with Gasteiger partial charge in [-0.25, -0.2) is 0 Å². The number of carbonyl (C=O) groups is 1. The van der Waals surface area contributed by atoms with Gasteiger partial charge in [0.05, 0.1) is 0 Å². The lowest BCUT2D eigenvalue weighted by molar-refractivity contribution is 0.0776. The summed E-state index contributed by atoms with van der Waals surface area (Å²) < 4.78 is 5.26. The van der Waals surface area contributed by atoms with E-state index in [1.54, 1.807) is 6.07 Å². The number of hydrogen-bond donors (Lipinski definition) is 0. The van der Waals surface area contributed by atoms with Crippen LogP contribution >= 0.6 is 0 Å². The Kier molecular flexibility index (Phi) is 4.58. The number of aromatic nitrogens is 1. The fourth-order valence-corrected chi connectivity index (χ4v) is 2.08. The smallest absolute Gasteiger partial charge is 0.206 e. The van der Waals surface area contributed by atoms with E-state index in [-0.39, 0.29) is 5.78 Å². The van der Waals surface area contributed by atoms with Gasteiger partial charge in [-0.3, -0.25) is 4.79 Å². The van der Waals surface area contributed by atoms with Crippen LogP contribution in [0.15, 0.2) is 40.9 Å². The highest BCUT2D eigenvalue weighted by atomic mass is 16.5. The molecule has 0 radical (unpaired) electrons. The molecule has 0 unspecified atom stereocenters. The maximum absolute atomic E-state index is 12.6. The van der Waals surface area contributed by atoms with Crippen molar-refractivity contribution in [1.29, 1.82) is 0 Å². The monoisotopic (exact) mass is 286 g/mol. The van der Waals surface area contributed by atoms with Gasteiger partial charge in [-0.15, -0.1) is 0 Å². The van der Waals surface area contributed by atoms with Crippen molar-refractivity contribution < 1.29 is 9.32 Å².